The molecule has 0 N–H and O–H groups in total. The Morgan fingerprint density at radius 3 is 2.41 bits per heavy atom. The minimum atomic E-state index is -3.58. The topological polar surface area (TPSA) is 54.5 Å². The number of ketones is 1. The summed E-state index contributed by atoms with van der Waals surface area (Å²) in [6.45, 7) is 1.04. The van der Waals surface area contributed by atoms with Crippen molar-refractivity contribution in [3.63, 3.8) is 0 Å². The standard InChI is InChI=1S/C10H11Cl2NO3S/c1-7(14)6-13(17(2,15)16)10-5-8(11)3-4-9(10)12/h3-5H,6H2,1-2H3. The van der Waals surface area contributed by atoms with Crippen LogP contribution in [0.15, 0.2) is 18.2 Å². The highest BCUT2D eigenvalue weighted by atomic mass is 35.5. The van der Waals surface area contributed by atoms with Crippen molar-refractivity contribution in [1.29, 1.82) is 0 Å². The molecule has 0 aromatic heterocycles. The Hall–Kier alpha value is -0.780. The van der Waals surface area contributed by atoms with E-state index >= 15 is 0 Å². The van der Waals surface area contributed by atoms with Crippen molar-refractivity contribution in [3.05, 3.63) is 28.2 Å². The molecule has 0 radical (unpaired) electrons. The molecule has 0 saturated heterocycles. The van der Waals surface area contributed by atoms with Crippen LogP contribution in [0.4, 0.5) is 5.69 Å². The molecule has 0 aliphatic heterocycles. The second kappa shape index (κ2) is 5.25. The molecule has 1 aromatic rings. The van der Waals surface area contributed by atoms with E-state index in [-0.39, 0.29) is 23.0 Å². The van der Waals surface area contributed by atoms with Crippen LogP contribution >= 0.6 is 23.2 Å². The summed E-state index contributed by atoms with van der Waals surface area (Å²) < 4.78 is 24.1. The van der Waals surface area contributed by atoms with Crippen molar-refractivity contribution in [2.24, 2.45) is 0 Å². The van der Waals surface area contributed by atoms with Gasteiger partial charge in [-0.25, -0.2) is 8.42 Å². The molecule has 0 fully saturated rings. The quantitative estimate of drug-likeness (QED) is 0.857. The number of hydrogen-bond acceptors (Lipinski definition) is 3. The fourth-order valence-electron chi connectivity index (χ4n) is 1.26. The molecule has 7 heteroatoms. The van der Waals surface area contributed by atoms with Gasteiger partial charge in [0.15, 0.2) is 0 Å². The number of sulfonamides is 1. The van der Waals surface area contributed by atoms with Crippen molar-refractivity contribution < 1.29 is 13.2 Å². The Morgan fingerprint density at radius 2 is 1.94 bits per heavy atom. The number of carbonyl (C=O) groups is 1. The lowest BCUT2D eigenvalue weighted by atomic mass is 10.3. The summed E-state index contributed by atoms with van der Waals surface area (Å²) in [5, 5.41) is 0.572. The number of rotatable bonds is 4. The summed E-state index contributed by atoms with van der Waals surface area (Å²) in [5.41, 5.74) is 0.205. The van der Waals surface area contributed by atoms with Gasteiger partial charge in [-0.2, -0.15) is 0 Å². The molecule has 0 atom stereocenters. The van der Waals surface area contributed by atoms with E-state index in [0.29, 0.717) is 5.02 Å². The zero-order valence-corrected chi connectivity index (χ0v) is 11.6. The van der Waals surface area contributed by atoms with Gasteiger partial charge in [0.1, 0.15) is 5.78 Å². The molecule has 17 heavy (non-hydrogen) atoms. The van der Waals surface area contributed by atoms with Crippen LogP contribution in [0, 0.1) is 0 Å². The highest BCUT2D eigenvalue weighted by molar-refractivity contribution is 7.92. The molecule has 0 aliphatic rings. The first-order valence-corrected chi connectivity index (χ1v) is 7.24. The third-order valence-corrected chi connectivity index (χ3v) is 3.62. The molecule has 94 valence electrons. The van der Waals surface area contributed by atoms with Crippen molar-refractivity contribution >= 4 is 44.7 Å². The predicted molar refractivity (Wildman–Crippen MR) is 69.3 cm³/mol. The van der Waals surface area contributed by atoms with E-state index in [1.165, 1.54) is 19.1 Å². The lowest BCUT2D eigenvalue weighted by molar-refractivity contribution is -0.115. The molecule has 0 aliphatic carbocycles. The Kier molecular flexibility index (Phi) is 4.41. The van der Waals surface area contributed by atoms with Gasteiger partial charge in [0.2, 0.25) is 10.0 Å². The molecule has 0 unspecified atom stereocenters. The largest absolute Gasteiger partial charge is 0.298 e. The monoisotopic (exact) mass is 295 g/mol. The molecule has 1 aromatic carbocycles. The van der Waals surface area contributed by atoms with Crippen LogP contribution in [0.3, 0.4) is 0 Å². The molecule has 0 bridgehead atoms. The zero-order valence-electron chi connectivity index (χ0n) is 9.28. The third kappa shape index (κ3) is 3.87. The molecular formula is C10H11Cl2NO3S. The lowest BCUT2D eigenvalue weighted by Crippen LogP contribution is -2.34. The van der Waals surface area contributed by atoms with E-state index in [0.717, 1.165) is 10.6 Å². The smallest absolute Gasteiger partial charge is 0.232 e. The number of Topliss-reactive ketones (excluding diaryl/α,β-unsaturated/α-hetero) is 1. The Bertz CT molecular complexity index is 542. The Balaban J connectivity index is 3.31. The van der Waals surface area contributed by atoms with Crippen LogP contribution in [0.1, 0.15) is 6.92 Å². The first kappa shape index (κ1) is 14.3. The van der Waals surface area contributed by atoms with Gasteiger partial charge in [0, 0.05) is 5.02 Å². The van der Waals surface area contributed by atoms with Crippen molar-refractivity contribution in [2.75, 3.05) is 17.1 Å². The van der Waals surface area contributed by atoms with E-state index in [1.54, 1.807) is 6.07 Å². The fourth-order valence-corrected chi connectivity index (χ4v) is 2.62. The van der Waals surface area contributed by atoms with E-state index < -0.39 is 10.0 Å². The average Bonchev–Trinajstić information content (AvgIpc) is 2.16. The van der Waals surface area contributed by atoms with Crippen LogP contribution in [0.25, 0.3) is 0 Å². The molecule has 1 rings (SSSR count). The van der Waals surface area contributed by atoms with Crippen LogP contribution in [0.5, 0.6) is 0 Å². The first-order valence-electron chi connectivity index (χ1n) is 4.64. The third-order valence-electron chi connectivity index (χ3n) is 1.94. The number of hydrogen-bond donors (Lipinski definition) is 0. The van der Waals surface area contributed by atoms with Gasteiger partial charge >= 0.3 is 0 Å². The van der Waals surface area contributed by atoms with Gasteiger partial charge in [-0.3, -0.25) is 9.10 Å². The molecule has 0 saturated carbocycles. The summed E-state index contributed by atoms with van der Waals surface area (Å²) in [5.74, 6) is -0.286. The fraction of sp³-hybridized carbons (Fsp3) is 0.300. The van der Waals surface area contributed by atoms with Crippen molar-refractivity contribution in [2.45, 2.75) is 6.92 Å². The number of nitrogens with zero attached hydrogens (tertiary/aromatic N) is 1. The number of benzene rings is 1. The maximum absolute atomic E-state index is 11.6. The van der Waals surface area contributed by atoms with Gasteiger partial charge in [-0.1, -0.05) is 23.2 Å². The van der Waals surface area contributed by atoms with E-state index in [4.69, 9.17) is 23.2 Å². The Morgan fingerprint density at radius 1 is 1.35 bits per heavy atom. The van der Waals surface area contributed by atoms with Gasteiger partial charge in [-0.15, -0.1) is 0 Å². The highest BCUT2D eigenvalue weighted by Gasteiger charge is 2.21. The van der Waals surface area contributed by atoms with Crippen LogP contribution in [-0.4, -0.2) is 27.0 Å². The predicted octanol–water partition coefficient (Wildman–Crippen LogP) is 2.35. The first-order chi connectivity index (χ1) is 7.71. The van der Waals surface area contributed by atoms with Crippen LogP contribution in [-0.2, 0) is 14.8 Å². The normalized spacial score (nSPS) is 11.3. The summed E-state index contributed by atoms with van der Waals surface area (Å²) >= 11 is 11.7. The summed E-state index contributed by atoms with van der Waals surface area (Å²) in [7, 11) is -3.58. The summed E-state index contributed by atoms with van der Waals surface area (Å²) in [4.78, 5) is 11.1. The number of carbonyl (C=O) groups excluding carboxylic acids is 1. The SMILES string of the molecule is CC(=O)CN(c1cc(Cl)ccc1Cl)S(C)(=O)=O. The number of halogens is 2. The zero-order chi connectivity index (χ0) is 13.2. The summed E-state index contributed by atoms with van der Waals surface area (Å²) in [6, 6.07) is 4.44. The lowest BCUT2D eigenvalue weighted by Gasteiger charge is -2.22. The van der Waals surface area contributed by atoms with Gasteiger partial charge in [0.25, 0.3) is 0 Å². The summed E-state index contributed by atoms with van der Waals surface area (Å²) in [6.07, 6.45) is 1.01. The maximum Gasteiger partial charge on any atom is 0.232 e. The van der Waals surface area contributed by atoms with Gasteiger partial charge in [0.05, 0.1) is 23.5 Å². The van der Waals surface area contributed by atoms with E-state index in [1.807, 2.05) is 0 Å². The van der Waals surface area contributed by atoms with Gasteiger partial charge < -0.3 is 0 Å². The highest BCUT2D eigenvalue weighted by Crippen LogP contribution is 2.30. The maximum atomic E-state index is 11.6. The second-order valence-corrected chi connectivity index (χ2v) is 6.32. The van der Waals surface area contributed by atoms with E-state index in [2.05, 4.69) is 0 Å². The molecular weight excluding hydrogens is 285 g/mol. The molecule has 4 nitrogen and oxygen atoms in total. The molecule has 0 amide bonds. The minimum absolute atomic E-state index is 0.205. The van der Waals surface area contributed by atoms with E-state index in [9.17, 15) is 13.2 Å². The Labute approximate surface area is 110 Å². The minimum Gasteiger partial charge on any atom is -0.298 e. The molecule has 0 heterocycles. The van der Waals surface area contributed by atoms with Crippen molar-refractivity contribution in [1.82, 2.24) is 0 Å². The van der Waals surface area contributed by atoms with Gasteiger partial charge in [-0.05, 0) is 25.1 Å². The van der Waals surface area contributed by atoms with Crippen LogP contribution < -0.4 is 4.31 Å². The number of anilines is 1. The molecule has 0 spiro atoms. The van der Waals surface area contributed by atoms with Crippen LogP contribution in [0.2, 0.25) is 10.0 Å². The average molecular weight is 296 g/mol. The second-order valence-electron chi connectivity index (χ2n) is 3.57. The van der Waals surface area contributed by atoms with Crippen molar-refractivity contribution in [3.8, 4) is 0 Å².